The molecule has 0 saturated carbocycles. The Morgan fingerprint density at radius 1 is 1.25 bits per heavy atom. The first-order chi connectivity index (χ1) is 11.8. The molecule has 0 aliphatic carbocycles. The summed E-state index contributed by atoms with van der Waals surface area (Å²) in [5.74, 6) is 2.08. The predicted octanol–water partition coefficient (Wildman–Crippen LogP) is 5.07. The lowest BCUT2D eigenvalue weighted by Crippen LogP contribution is -2.40. The Morgan fingerprint density at radius 3 is 2.96 bits per heavy atom. The Kier molecular flexibility index (Phi) is 4.55. The molecule has 0 fully saturated rings. The maximum atomic E-state index is 6.25. The molecular formula is C19H19BrN2OS. The van der Waals surface area contributed by atoms with Crippen molar-refractivity contribution in [2.45, 2.75) is 25.1 Å². The summed E-state index contributed by atoms with van der Waals surface area (Å²) < 4.78 is 7.34. The van der Waals surface area contributed by atoms with Gasteiger partial charge in [-0.25, -0.2) is 0 Å². The molecule has 2 aromatic rings. The van der Waals surface area contributed by atoms with E-state index >= 15 is 0 Å². The molecule has 5 heteroatoms. The summed E-state index contributed by atoms with van der Waals surface area (Å²) in [7, 11) is 0. The molecule has 0 radical (unpaired) electrons. The Balaban J connectivity index is 1.69. The van der Waals surface area contributed by atoms with E-state index in [9.17, 15) is 0 Å². The van der Waals surface area contributed by atoms with Gasteiger partial charge in [0.05, 0.1) is 11.8 Å². The lowest BCUT2D eigenvalue weighted by atomic mass is 9.96. The van der Waals surface area contributed by atoms with E-state index in [1.165, 1.54) is 11.1 Å². The highest BCUT2D eigenvalue weighted by Gasteiger charge is 2.39. The lowest BCUT2D eigenvalue weighted by molar-refractivity contribution is -0.0180. The SMILES string of the molecule is CSCCC1Oc2ccccc2C2CC(c3cccc(Br)c3)=NN12. The van der Waals surface area contributed by atoms with Gasteiger partial charge in [-0.05, 0) is 35.8 Å². The minimum atomic E-state index is 0.0157. The summed E-state index contributed by atoms with van der Waals surface area (Å²) in [5, 5.41) is 7.12. The van der Waals surface area contributed by atoms with Crippen LogP contribution in [0.1, 0.15) is 30.0 Å². The molecule has 2 aliphatic rings. The zero-order valence-corrected chi connectivity index (χ0v) is 15.9. The van der Waals surface area contributed by atoms with Gasteiger partial charge >= 0.3 is 0 Å². The Bertz CT molecular complexity index is 779. The number of benzene rings is 2. The predicted molar refractivity (Wildman–Crippen MR) is 104 cm³/mol. The van der Waals surface area contributed by atoms with E-state index in [2.05, 4.69) is 63.6 Å². The van der Waals surface area contributed by atoms with Crippen LogP contribution in [0.15, 0.2) is 58.1 Å². The number of nitrogens with zero attached hydrogens (tertiary/aromatic N) is 2. The quantitative estimate of drug-likeness (QED) is 0.713. The number of hydrogen-bond donors (Lipinski definition) is 0. The average Bonchev–Trinajstić information content (AvgIpc) is 3.05. The Labute approximate surface area is 155 Å². The van der Waals surface area contributed by atoms with E-state index in [4.69, 9.17) is 9.84 Å². The number of ether oxygens (including phenoxy) is 1. The van der Waals surface area contributed by atoms with E-state index in [0.717, 1.165) is 34.5 Å². The van der Waals surface area contributed by atoms with Gasteiger partial charge in [-0.1, -0.05) is 46.3 Å². The number of hydrazone groups is 1. The van der Waals surface area contributed by atoms with Crippen molar-refractivity contribution in [1.82, 2.24) is 5.01 Å². The van der Waals surface area contributed by atoms with Gasteiger partial charge in [-0.3, -0.25) is 5.01 Å². The van der Waals surface area contributed by atoms with Crippen LogP contribution in [0.25, 0.3) is 0 Å². The van der Waals surface area contributed by atoms with E-state index < -0.39 is 0 Å². The van der Waals surface area contributed by atoms with Crippen LogP contribution in [-0.4, -0.2) is 29.0 Å². The molecule has 2 heterocycles. The molecule has 2 unspecified atom stereocenters. The van der Waals surface area contributed by atoms with Gasteiger partial charge in [-0.15, -0.1) is 0 Å². The first kappa shape index (κ1) is 16.0. The van der Waals surface area contributed by atoms with Crippen molar-refractivity contribution in [2.75, 3.05) is 12.0 Å². The molecule has 0 saturated heterocycles. The first-order valence-electron chi connectivity index (χ1n) is 8.12. The highest BCUT2D eigenvalue weighted by molar-refractivity contribution is 9.10. The van der Waals surface area contributed by atoms with Crippen LogP contribution in [0.2, 0.25) is 0 Å². The van der Waals surface area contributed by atoms with Crippen molar-refractivity contribution in [2.24, 2.45) is 5.10 Å². The minimum Gasteiger partial charge on any atom is -0.469 e. The molecule has 0 aromatic heterocycles. The first-order valence-corrected chi connectivity index (χ1v) is 10.3. The molecule has 0 N–H and O–H groups in total. The normalized spacial score (nSPS) is 21.8. The van der Waals surface area contributed by atoms with Gasteiger partial charge in [0, 0.05) is 22.9 Å². The Morgan fingerprint density at radius 2 is 2.12 bits per heavy atom. The second-order valence-corrected chi connectivity index (χ2v) is 7.95. The van der Waals surface area contributed by atoms with E-state index in [1.807, 2.05) is 23.9 Å². The van der Waals surface area contributed by atoms with Crippen LogP contribution in [-0.2, 0) is 0 Å². The average molecular weight is 403 g/mol. The van der Waals surface area contributed by atoms with E-state index in [0.29, 0.717) is 0 Å². The monoisotopic (exact) mass is 402 g/mol. The topological polar surface area (TPSA) is 24.8 Å². The second-order valence-electron chi connectivity index (χ2n) is 6.05. The zero-order valence-electron chi connectivity index (χ0n) is 13.5. The van der Waals surface area contributed by atoms with Crippen molar-refractivity contribution in [1.29, 1.82) is 0 Å². The van der Waals surface area contributed by atoms with Gasteiger partial charge in [0.15, 0.2) is 6.23 Å². The zero-order chi connectivity index (χ0) is 16.5. The van der Waals surface area contributed by atoms with E-state index in [-0.39, 0.29) is 12.3 Å². The summed E-state index contributed by atoms with van der Waals surface area (Å²) in [6.07, 6.45) is 4.05. The third-order valence-corrected chi connectivity index (χ3v) is 5.64. The van der Waals surface area contributed by atoms with Crippen LogP contribution in [0, 0.1) is 0 Å². The number of para-hydroxylation sites is 1. The number of fused-ring (bicyclic) bond motifs is 3. The van der Waals surface area contributed by atoms with Crippen LogP contribution in [0.5, 0.6) is 5.75 Å². The largest absolute Gasteiger partial charge is 0.469 e. The minimum absolute atomic E-state index is 0.0157. The van der Waals surface area contributed by atoms with Gasteiger partial charge in [0.25, 0.3) is 0 Å². The third-order valence-electron chi connectivity index (χ3n) is 4.51. The smallest absolute Gasteiger partial charge is 0.188 e. The fourth-order valence-electron chi connectivity index (χ4n) is 3.36. The molecule has 0 spiro atoms. The molecule has 3 nitrogen and oxygen atoms in total. The molecule has 0 bridgehead atoms. The second kappa shape index (κ2) is 6.81. The number of thioether (sulfide) groups is 1. The standard InChI is InChI=1S/C19H19BrN2OS/c1-24-10-9-19-22-17(15-7-2-3-8-18(15)23-19)12-16(21-22)13-5-4-6-14(20)11-13/h2-8,11,17,19H,9-10,12H2,1H3. The van der Waals surface area contributed by atoms with Crippen molar-refractivity contribution in [3.05, 3.63) is 64.1 Å². The number of rotatable bonds is 4. The molecule has 2 aromatic carbocycles. The molecular weight excluding hydrogens is 384 g/mol. The maximum Gasteiger partial charge on any atom is 0.188 e. The summed E-state index contributed by atoms with van der Waals surface area (Å²) in [6, 6.07) is 17.0. The molecule has 2 atom stereocenters. The van der Waals surface area contributed by atoms with Crippen molar-refractivity contribution in [3.8, 4) is 5.75 Å². The molecule has 0 amide bonds. The van der Waals surface area contributed by atoms with Crippen molar-refractivity contribution in [3.63, 3.8) is 0 Å². The van der Waals surface area contributed by atoms with E-state index in [1.54, 1.807) is 0 Å². The van der Waals surface area contributed by atoms with Crippen LogP contribution >= 0.6 is 27.7 Å². The maximum absolute atomic E-state index is 6.25. The van der Waals surface area contributed by atoms with Gasteiger partial charge < -0.3 is 4.74 Å². The van der Waals surface area contributed by atoms with Gasteiger partial charge in [0.2, 0.25) is 0 Å². The fraction of sp³-hybridized carbons (Fsp3) is 0.316. The highest BCUT2D eigenvalue weighted by Crippen LogP contribution is 2.43. The van der Waals surface area contributed by atoms with Crippen molar-refractivity contribution < 1.29 is 4.74 Å². The lowest BCUT2D eigenvalue weighted by Gasteiger charge is -2.38. The van der Waals surface area contributed by atoms with Gasteiger partial charge in [-0.2, -0.15) is 16.9 Å². The van der Waals surface area contributed by atoms with Crippen LogP contribution < -0.4 is 4.74 Å². The molecule has 24 heavy (non-hydrogen) atoms. The number of halogens is 1. The van der Waals surface area contributed by atoms with Crippen molar-refractivity contribution >= 4 is 33.4 Å². The molecule has 124 valence electrons. The number of hydrogen-bond acceptors (Lipinski definition) is 4. The summed E-state index contributed by atoms with van der Waals surface area (Å²) in [5.41, 5.74) is 3.56. The fourth-order valence-corrected chi connectivity index (χ4v) is 4.20. The Hall–Kier alpha value is -1.46. The summed E-state index contributed by atoms with van der Waals surface area (Å²) in [6.45, 7) is 0. The van der Waals surface area contributed by atoms with Crippen LogP contribution in [0.4, 0.5) is 0 Å². The highest BCUT2D eigenvalue weighted by atomic mass is 79.9. The summed E-state index contributed by atoms with van der Waals surface area (Å²) >= 11 is 5.41. The van der Waals surface area contributed by atoms with Crippen LogP contribution in [0.3, 0.4) is 0 Å². The van der Waals surface area contributed by atoms with Gasteiger partial charge in [0.1, 0.15) is 5.75 Å². The molecule has 4 rings (SSSR count). The molecule has 2 aliphatic heterocycles. The summed E-state index contributed by atoms with van der Waals surface area (Å²) in [4.78, 5) is 0. The third kappa shape index (κ3) is 2.95.